The predicted octanol–water partition coefficient (Wildman–Crippen LogP) is 1.95. The molecule has 1 heteroatoms. The lowest BCUT2D eigenvalue weighted by atomic mass is 10.3. The summed E-state index contributed by atoms with van der Waals surface area (Å²) in [6, 6.07) is 0. The van der Waals surface area contributed by atoms with E-state index in [4.69, 9.17) is 0 Å². The molecule has 0 amide bonds. The van der Waals surface area contributed by atoms with Crippen LogP contribution in [-0.4, -0.2) is 6.54 Å². The smallest absolute Gasteiger partial charge is 0.0221 e. The molecule has 53 valence electrons. The van der Waals surface area contributed by atoms with Crippen molar-refractivity contribution < 1.29 is 0 Å². The minimum absolute atomic E-state index is 1.01. The van der Waals surface area contributed by atoms with Crippen molar-refractivity contribution in [3.05, 3.63) is 6.54 Å². The minimum Gasteiger partial charge on any atom is -0.312 e. The van der Waals surface area contributed by atoms with Crippen molar-refractivity contribution in [1.29, 1.82) is 0 Å². The summed E-state index contributed by atoms with van der Waals surface area (Å²) in [5.41, 5.74) is 0. The summed E-state index contributed by atoms with van der Waals surface area (Å²) < 4.78 is 0. The van der Waals surface area contributed by atoms with E-state index in [2.05, 4.69) is 18.8 Å². The highest BCUT2D eigenvalue weighted by Gasteiger charge is 2.19. The van der Waals surface area contributed by atoms with Crippen LogP contribution in [0.25, 0.3) is 0 Å². The third-order valence-electron chi connectivity index (χ3n) is 1.68. The fourth-order valence-corrected chi connectivity index (χ4v) is 0.818. The van der Waals surface area contributed by atoms with Crippen LogP contribution in [0.3, 0.4) is 0 Å². The molecule has 1 N–H and O–H groups in total. The van der Waals surface area contributed by atoms with Crippen molar-refractivity contribution in [1.82, 2.24) is 5.32 Å². The van der Waals surface area contributed by atoms with Crippen molar-refractivity contribution in [2.75, 3.05) is 6.54 Å². The van der Waals surface area contributed by atoms with Crippen LogP contribution < -0.4 is 5.32 Å². The van der Waals surface area contributed by atoms with Gasteiger partial charge in [0.1, 0.15) is 0 Å². The summed E-state index contributed by atoms with van der Waals surface area (Å²) in [4.78, 5) is 0. The molecule has 1 nitrogen and oxygen atoms in total. The molecular weight excluding hydrogens is 110 g/mol. The van der Waals surface area contributed by atoms with E-state index in [-0.39, 0.29) is 0 Å². The Hall–Kier alpha value is -0.0400. The van der Waals surface area contributed by atoms with Crippen LogP contribution in [0.1, 0.15) is 32.6 Å². The van der Waals surface area contributed by atoms with Crippen molar-refractivity contribution in [2.24, 2.45) is 5.92 Å². The molecule has 0 atom stereocenters. The van der Waals surface area contributed by atoms with Gasteiger partial charge in [-0.3, -0.25) is 0 Å². The lowest BCUT2D eigenvalue weighted by molar-refractivity contribution is 0.673. The van der Waals surface area contributed by atoms with Crippen LogP contribution in [0.4, 0.5) is 0 Å². The number of hydrogen-bond acceptors (Lipinski definition) is 1. The van der Waals surface area contributed by atoms with E-state index in [0.717, 1.165) is 5.92 Å². The summed E-state index contributed by atoms with van der Waals surface area (Å²) in [5, 5.41) is 3.32. The summed E-state index contributed by atoms with van der Waals surface area (Å²) in [6.07, 6.45) is 5.38. The van der Waals surface area contributed by atoms with Crippen LogP contribution >= 0.6 is 0 Å². The van der Waals surface area contributed by atoms with Gasteiger partial charge >= 0.3 is 0 Å². The van der Waals surface area contributed by atoms with Gasteiger partial charge in [0.25, 0.3) is 0 Å². The van der Waals surface area contributed by atoms with E-state index in [9.17, 15) is 0 Å². The van der Waals surface area contributed by atoms with Gasteiger partial charge in [-0.05, 0) is 31.7 Å². The van der Waals surface area contributed by atoms with E-state index >= 15 is 0 Å². The molecule has 0 unspecified atom stereocenters. The Morgan fingerprint density at radius 1 is 1.56 bits per heavy atom. The van der Waals surface area contributed by atoms with Gasteiger partial charge in [-0.25, -0.2) is 0 Å². The minimum atomic E-state index is 1.01. The van der Waals surface area contributed by atoms with Crippen LogP contribution in [0, 0.1) is 12.5 Å². The first-order valence-corrected chi connectivity index (χ1v) is 3.98. The topological polar surface area (TPSA) is 12.0 Å². The highest BCUT2D eigenvalue weighted by atomic mass is 14.9. The average molecular weight is 126 g/mol. The average Bonchev–Trinajstić information content (AvgIpc) is 2.63. The molecule has 1 aliphatic rings. The van der Waals surface area contributed by atoms with E-state index in [1.54, 1.807) is 0 Å². The van der Waals surface area contributed by atoms with Crippen molar-refractivity contribution in [3.63, 3.8) is 0 Å². The Bertz CT molecular complexity index is 67.0. The molecule has 0 heterocycles. The van der Waals surface area contributed by atoms with Gasteiger partial charge in [-0.1, -0.05) is 13.3 Å². The van der Waals surface area contributed by atoms with Crippen LogP contribution in [-0.2, 0) is 0 Å². The number of nitrogens with one attached hydrogen (secondary N) is 1. The van der Waals surface area contributed by atoms with Crippen LogP contribution in [0.2, 0.25) is 0 Å². The third kappa shape index (κ3) is 3.52. The van der Waals surface area contributed by atoms with E-state index in [1.807, 2.05) is 0 Å². The summed E-state index contributed by atoms with van der Waals surface area (Å²) in [6.45, 7) is 5.62. The summed E-state index contributed by atoms with van der Waals surface area (Å²) >= 11 is 0. The molecule has 0 saturated heterocycles. The molecule has 9 heavy (non-hydrogen) atoms. The zero-order valence-electron chi connectivity index (χ0n) is 6.19. The maximum Gasteiger partial charge on any atom is 0.0221 e. The molecule has 0 spiro atoms. The Morgan fingerprint density at radius 3 is 2.89 bits per heavy atom. The maximum atomic E-state index is 3.32. The van der Waals surface area contributed by atoms with E-state index in [1.165, 1.54) is 32.2 Å². The van der Waals surface area contributed by atoms with E-state index in [0.29, 0.717) is 0 Å². The lowest BCUT2D eigenvalue weighted by Crippen LogP contribution is -2.12. The van der Waals surface area contributed by atoms with Gasteiger partial charge in [0.05, 0.1) is 0 Å². The zero-order chi connectivity index (χ0) is 6.53. The second-order valence-electron chi connectivity index (χ2n) is 2.84. The zero-order valence-corrected chi connectivity index (χ0v) is 6.19. The Kier molecular flexibility index (Phi) is 3.05. The first kappa shape index (κ1) is 7.07. The normalized spacial score (nSPS) is 18.3. The lowest BCUT2D eigenvalue weighted by Gasteiger charge is -1.98. The van der Waals surface area contributed by atoms with Gasteiger partial charge in [0.2, 0.25) is 0 Å². The van der Waals surface area contributed by atoms with Crippen molar-refractivity contribution in [2.45, 2.75) is 32.6 Å². The number of rotatable bonds is 5. The molecular formula is C8H16N. The highest BCUT2D eigenvalue weighted by molar-refractivity contribution is 4.77. The molecule has 0 aromatic rings. The Morgan fingerprint density at radius 2 is 2.33 bits per heavy atom. The SMILES string of the molecule is CCC[CH]NCC1CC1. The van der Waals surface area contributed by atoms with Gasteiger partial charge in [0, 0.05) is 6.54 Å². The largest absolute Gasteiger partial charge is 0.312 e. The monoisotopic (exact) mass is 126 g/mol. The number of hydrogen-bond donors (Lipinski definition) is 1. The molecule has 0 aliphatic heterocycles. The Balaban J connectivity index is 1.71. The van der Waals surface area contributed by atoms with Crippen molar-refractivity contribution in [3.8, 4) is 0 Å². The van der Waals surface area contributed by atoms with Crippen molar-refractivity contribution >= 4 is 0 Å². The van der Waals surface area contributed by atoms with E-state index < -0.39 is 0 Å². The van der Waals surface area contributed by atoms with Gasteiger partial charge < -0.3 is 5.32 Å². The quantitative estimate of drug-likeness (QED) is 0.555. The fraction of sp³-hybridized carbons (Fsp3) is 0.875. The second-order valence-corrected chi connectivity index (χ2v) is 2.84. The molecule has 1 saturated carbocycles. The first-order chi connectivity index (χ1) is 4.43. The standard InChI is InChI=1S/C8H16N/c1-2-3-6-9-7-8-4-5-8/h6,8-9H,2-5,7H2,1H3. The molecule has 0 aromatic carbocycles. The molecule has 1 fully saturated rings. The number of unbranched alkanes of at least 4 members (excludes halogenated alkanes) is 1. The molecule has 0 bridgehead atoms. The first-order valence-electron chi connectivity index (χ1n) is 3.98. The molecule has 1 radical (unpaired) electrons. The maximum absolute atomic E-state index is 3.32. The Labute approximate surface area is 57.8 Å². The third-order valence-corrected chi connectivity index (χ3v) is 1.68. The molecule has 0 aromatic heterocycles. The van der Waals surface area contributed by atoms with Gasteiger partial charge in [-0.15, -0.1) is 0 Å². The van der Waals surface area contributed by atoms with Gasteiger partial charge in [0.15, 0.2) is 0 Å². The second kappa shape index (κ2) is 3.89. The summed E-state index contributed by atoms with van der Waals surface area (Å²) in [7, 11) is 0. The highest BCUT2D eigenvalue weighted by Crippen LogP contribution is 2.27. The molecule has 1 aliphatic carbocycles. The fourth-order valence-electron chi connectivity index (χ4n) is 0.818. The molecule has 1 rings (SSSR count). The van der Waals surface area contributed by atoms with Crippen LogP contribution in [0.15, 0.2) is 0 Å². The van der Waals surface area contributed by atoms with Crippen LogP contribution in [0.5, 0.6) is 0 Å². The summed E-state index contributed by atoms with van der Waals surface area (Å²) in [5.74, 6) is 1.01. The predicted molar refractivity (Wildman–Crippen MR) is 39.9 cm³/mol. The van der Waals surface area contributed by atoms with Gasteiger partial charge in [-0.2, -0.15) is 0 Å².